The maximum absolute atomic E-state index is 12.3. The molecular weight excluding hydrogens is 344 g/mol. The van der Waals surface area contributed by atoms with Gasteiger partial charge in [0.15, 0.2) is 9.84 Å². The molecule has 1 aromatic rings. The van der Waals surface area contributed by atoms with Crippen LogP contribution in [0.25, 0.3) is 0 Å². The van der Waals surface area contributed by atoms with Crippen molar-refractivity contribution in [3.8, 4) is 5.75 Å². The zero-order chi connectivity index (χ0) is 15.2. The number of benzene rings is 1. The van der Waals surface area contributed by atoms with Crippen molar-refractivity contribution < 1.29 is 18.3 Å². The molecule has 4 nitrogen and oxygen atoms in total. The molecule has 1 rings (SSSR count). The third kappa shape index (κ3) is 4.06. The number of sulfone groups is 1. The molecule has 0 bridgehead atoms. The van der Waals surface area contributed by atoms with E-state index in [2.05, 4.69) is 15.9 Å². The molecule has 0 saturated carbocycles. The maximum Gasteiger partial charge on any atom is 0.178 e. The smallest absolute Gasteiger partial charge is 0.178 e. The molecule has 0 aliphatic rings. The predicted molar refractivity (Wildman–Crippen MR) is 82.3 cm³/mol. The lowest BCUT2D eigenvalue weighted by atomic mass is 10.0. The summed E-state index contributed by atoms with van der Waals surface area (Å²) in [6.07, 6.45) is 2.50. The van der Waals surface area contributed by atoms with Crippen molar-refractivity contribution in [3.05, 3.63) is 23.3 Å². The van der Waals surface area contributed by atoms with Gasteiger partial charge in [-0.25, -0.2) is 8.42 Å². The van der Waals surface area contributed by atoms with E-state index in [9.17, 15) is 18.3 Å². The topological polar surface area (TPSA) is 71.4 Å². The third-order valence-corrected chi connectivity index (χ3v) is 5.45. The molecule has 112 valence electrons. The number of aromatic hydroxyl groups is 1. The summed E-state index contributed by atoms with van der Waals surface area (Å²) >= 11 is 3.22. The molecule has 0 saturated heterocycles. The largest absolute Gasteiger partial charge is 0.507 e. The number of aldehydes is 1. The monoisotopic (exact) mass is 362 g/mol. The SMILES string of the molecule is CCCc1c(S(=O)(=O)CCCBr)ccc(CC=O)c1O. The van der Waals surface area contributed by atoms with Crippen LogP contribution in [0.15, 0.2) is 17.0 Å². The molecule has 0 unspecified atom stereocenters. The molecular formula is C14H19BrO4S. The van der Waals surface area contributed by atoms with Gasteiger partial charge in [-0.1, -0.05) is 35.3 Å². The van der Waals surface area contributed by atoms with Gasteiger partial charge in [0, 0.05) is 22.9 Å². The number of hydrogen-bond donors (Lipinski definition) is 1. The number of alkyl halides is 1. The van der Waals surface area contributed by atoms with Crippen molar-refractivity contribution in [1.82, 2.24) is 0 Å². The van der Waals surface area contributed by atoms with Gasteiger partial charge in [-0.05, 0) is 18.9 Å². The summed E-state index contributed by atoms with van der Waals surface area (Å²) in [5.74, 6) is -0.0135. The first kappa shape index (κ1) is 17.2. The van der Waals surface area contributed by atoms with Crippen LogP contribution < -0.4 is 0 Å². The number of carbonyl (C=O) groups is 1. The number of carbonyl (C=O) groups excluding carboxylic acids is 1. The molecule has 0 aliphatic carbocycles. The summed E-state index contributed by atoms with van der Waals surface area (Å²) in [6.45, 7) is 1.92. The Morgan fingerprint density at radius 1 is 1.35 bits per heavy atom. The average Bonchev–Trinajstić information content (AvgIpc) is 2.41. The van der Waals surface area contributed by atoms with E-state index in [1.54, 1.807) is 0 Å². The van der Waals surface area contributed by atoms with E-state index in [4.69, 9.17) is 0 Å². The first-order valence-electron chi connectivity index (χ1n) is 6.54. The zero-order valence-electron chi connectivity index (χ0n) is 11.4. The van der Waals surface area contributed by atoms with E-state index < -0.39 is 9.84 Å². The molecule has 0 aromatic heterocycles. The van der Waals surface area contributed by atoms with Crippen molar-refractivity contribution in [1.29, 1.82) is 0 Å². The van der Waals surface area contributed by atoms with Crippen LogP contribution in [0.5, 0.6) is 5.75 Å². The summed E-state index contributed by atoms with van der Waals surface area (Å²) in [4.78, 5) is 10.8. The van der Waals surface area contributed by atoms with Crippen LogP contribution in [0.2, 0.25) is 0 Å². The number of hydrogen-bond acceptors (Lipinski definition) is 4. The van der Waals surface area contributed by atoms with Crippen LogP contribution in [0.1, 0.15) is 30.9 Å². The van der Waals surface area contributed by atoms with Gasteiger partial charge >= 0.3 is 0 Å². The summed E-state index contributed by atoms with van der Waals surface area (Å²) in [5, 5.41) is 10.8. The Morgan fingerprint density at radius 2 is 2.05 bits per heavy atom. The highest BCUT2D eigenvalue weighted by molar-refractivity contribution is 9.09. The van der Waals surface area contributed by atoms with E-state index in [1.165, 1.54) is 12.1 Å². The van der Waals surface area contributed by atoms with Crippen molar-refractivity contribution in [2.45, 2.75) is 37.5 Å². The zero-order valence-corrected chi connectivity index (χ0v) is 13.8. The van der Waals surface area contributed by atoms with Gasteiger partial charge in [-0.3, -0.25) is 0 Å². The minimum absolute atomic E-state index is 0.0431. The second kappa shape index (κ2) is 7.78. The Morgan fingerprint density at radius 3 is 2.60 bits per heavy atom. The molecule has 0 spiro atoms. The second-order valence-electron chi connectivity index (χ2n) is 4.53. The van der Waals surface area contributed by atoms with Crippen LogP contribution in [0, 0.1) is 0 Å². The van der Waals surface area contributed by atoms with Crippen LogP contribution in [-0.2, 0) is 27.5 Å². The predicted octanol–water partition coefficient (Wildman–Crippen LogP) is 2.64. The lowest BCUT2D eigenvalue weighted by Crippen LogP contribution is -2.11. The van der Waals surface area contributed by atoms with E-state index in [1.807, 2.05) is 6.92 Å². The van der Waals surface area contributed by atoms with Crippen LogP contribution in [0.4, 0.5) is 0 Å². The summed E-state index contributed by atoms with van der Waals surface area (Å²) < 4.78 is 24.6. The van der Waals surface area contributed by atoms with Crippen molar-refractivity contribution >= 4 is 32.1 Å². The minimum atomic E-state index is -3.41. The fourth-order valence-corrected chi connectivity index (χ4v) is 4.30. The summed E-state index contributed by atoms with van der Waals surface area (Å²) in [7, 11) is -3.41. The molecule has 6 heteroatoms. The van der Waals surface area contributed by atoms with Gasteiger partial charge in [0.05, 0.1) is 10.6 Å². The van der Waals surface area contributed by atoms with Crippen molar-refractivity contribution in [3.63, 3.8) is 0 Å². The lowest BCUT2D eigenvalue weighted by molar-refractivity contribution is -0.107. The van der Waals surface area contributed by atoms with Crippen LogP contribution in [-0.4, -0.2) is 30.9 Å². The molecule has 20 heavy (non-hydrogen) atoms. The molecule has 0 amide bonds. The van der Waals surface area contributed by atoms with Crippen molar-refractivity contribution in [2.24, 2.45) is 0 Å². The number of halogens is 1. The number of phenolic OH excluding ortho intramolecular Hbond substituents is 1. The Bertz CT molecular complexity index is 567. The van der Waals surface area contributed by atoms with E-state index >= 15 is 0 Å². The molecule has 0 fully saturated rings. The quantitative estimate of drug-likeness (QED) is 0.569. The molecule has 0 heterocycles. The Hall–Kier alpha value is -0.880. The fourth-order valence-electron chi connectivity index (χ4n) is 2.06. The van der Waals surface area contributed by atoms with Gasteiger partial charge in [-0.15, -0.1) is 0 Å². The first-order valence-corrected chi connectivity index (χ1v) is 9.31. The highest BCUT2D eigenvalue weighted by atomic mass is 79.9. The van der Waals surface area contributed by atoms with E-state index in [0.717, 1.165) is 6.42 Å². The highest BCUT2D eigenvalue weighted by Gasteiger charge is 2.21. The van der Waals surface area contributed by atoms with Gasteiger partial charge in [0.2, 0.25) is 0 Å². The molecule has 1 N–H and O–H groups in total. The van der Waals surface area contributed by atoms with Gasteiger partial charge in [-0.2, -0.15) is 0 Å². The molecule has 0 aliphatic heterocycles. The Balaban J connectivity index is 3.32. The lowest BCUT2D eigenvalue weighted by Gasteiger charge is -2.14. The Kier molecular flexibility index (Phi) is 6.68. The minimum Gasteiger partial charge on any atom is -0.507 e. The first-order chi connectivity index (χ1) is 9.47. The number of rotatable bonds is 8. The maximum atomic E-state index is 12.3. The second-order valence-corrected chi connectivity index (χ2v) is 7.40. The van der Waals surface area contributed by atoms with E-state index in [-0.39, 0.29) is 22.8 Å². The average molecular weight is 363 g/mol. The fraction of sp³-hybridized carbons (Fsp3) is 0.500. The molecule has 0 atom stereocenters. The normalized spacial score (nSPS) is 11.5. The Labute approximate surface area is 128 Å². The summed E-state index contributed by atoms with van der Waals surface area (Å²) in [5.41, 5.74) is 0.907. The third-order valence-electron chi connectivity index (χ3n) is 3.01. The number of phenols is 1. The summed E-state index contributed by atoms with van der Waals surface area (Å²) in [6, 6.07) is 3.02. The van der Waals surface area contributed by atoms with Gasteiger partial charge < -0.3 is 9.90 Å². The van der Waals surface area contributed by atoms with Gasteiger partial charge in [0.25, 0.3) is 0 Å². The molecule has 1 aromatic carbocycles. The highest BCUT2D eigenvalue weighted by Crippen LogP contribution is 2.31. The van der Waals surface area contributed by atoms with Crippen LogP contribution in [0.3, 0.4) is 0 Å². The standard InChI is InChI=1S/C14H19BrO4S/c1-2-4-12-13(20(18,19)10-3-8-15)6-5-11(7-9-16)14(12)17/h5-6,9,17H,2-4,7-8,10H2,1H3. The van der Waals surface area contributed by atoms with E-state index in [0.29, 0.717) is 35.6 Å². The molecule has 0 radical (unpaired) electrons. The van der Waals surface area contributed by atoms with Gasteiger partial charge in [0.1, 0.15) is 12.0 Å². The van der Waals surface area contributed by atoms with Crippen LogP contribution >= 0.6 is 15.9 Å². The van der Waals surface area contributed by atoms with Crippen molar-refractivity contribution in [2.75, 3.05) is 11.1 Å².